The molecule has 1 aliphatic heterocycles. The van der Waals surface area contributed by atoms with Crippen LogP contribution in [0, 0.1) is 5.92 Å². The Balaban J connectivity index is 2.28. The number of piperidine rings is 1. The molecule has 0 spiro atoms. The molecule has 0 aliphatic carbocycles. The molecule has 0 aromatic carbocycles. The molecule has 1 heterocycles. The molecule has 1 aliphatic rings. The first kappa shape index (κ1) is 12.0. The van der Waals surface area contributed by atoms with Gasteiger partial charge in [-0.3, -0.25) is 4.84 Å². The van der Waals surface area contributed by atoms with Crippen molar-refractivity contribution in [2.75, 3.05) is 19.6 Å². The third-order valence-corrected chi connectivity index (χ3v) is 3.25. The van der Waals surface area contributed by atoms with E-state index in [0.29, 0.717) is 0 Å². The molecule has 0 aromatic heterocycles. The maximum absolute atomic E-state index is 5.27. The highest BCUT2D eigenvalue weighted by Gasteiger charge is 2.26. The zero-order valence-corrected chi connectivity index (χ0v) is 9.75. The molecule has 14 heavy (non-hydrogen) atoms. The van der Waals surface area contributed by atoms with Crippen molar-refractivity contribution in [3.8, 4) is 0 Å². The molecular formula is C11H24N2O. The first-order valence-corrected chi connectivity index (χ1v) is 5.67. The Morgan fingerprint density at radius 3 is 2.36 bits per heavy atom. The highest BCUT2D eigenvalue weighted by molar-refractivity contribution is 4.78. The van der Waals surface area contributed by atoms with Crippen molar-refractivity contribution in [1.82, 2.24) is 4.90 Å². The largest absolute Gasteiger partial charge is 0.304 e. The molecular weight excluding hydrogens is 176 g/mol. The first-order chi connectivity index (χ1) is 6.57. The molecule has 1 rings (SSSR count). The molecule has 2 N–H and O–H groups in total. The van der Waals surface area contributed by atoms with E-state index in [4.69, 9.17) is 10.7 Å². The zero-order chi connectivity index (χ0) is 10.6. The van der Waals surface area contributed by atoms with Crippen LogP contribution < -0.4 is 5.90 Å². The maximum Gasteiger partial charge on any atom is 0.0840 e. The van der Waals surface area contributed by atoms with Crippen molar-refractivity contribution in [3.05, 3.63) is 0 Å². The Hall–Kier alpha value is -0.120. The summed E-state index contributed by atoms with van der Waals surface area (Å²) in [5.41, 5.74) is -0.154. The third-order valence-electron chi connectivity index (χ3n) is 3.25. The van der Waals surface area contributed by atoms with Crippen LogP contribution in [-0.4, -0.2) is 30.1 Å². The first-order valence-electron chi connectivity index (χ1n) is 5.67. The lowest BCUT2D eigenvalue weighted by Crippen LogP contribution is -2.37. The lowest BCUT2D eigenvalue weighted by atomic mass is 9.86. The molecule has 0 unspecified atom stereocenters. The Morgan fingerprint density at radius 1 is 1.36 bits per heavy atom. The predicted octanol–water partition coefficient (Wildman–Crippen LogP) is 1.78. The summed E-state index contributed by atoms with van der Waals surface area (Å²) in [6, 6.07) is 0. The molecule has 0 radical (unpaired) electrons. The second-order valence-corrected chi connectivity index (χ2v) is 4.96. The molecule has 84 valence electrons. The lowest BCUT2D eigenvalue weighted by Gasteiger charge is -2.34. The average Bonchev–Trinajstić information content (AvgIpc) is 2.19. The second-order valence-electron chi connectivity index (χ2n) is 4.96. The van der Waals surface area contributed by atoms with E-state index >= 15 is 0 Å². The van der Waals surface area contributed by atoms with E-state index in [2.05, 4.69) is 25.7 Å². The third kappa shape index (κ3) is 3.56. The van der Waals surface area contributed by atoms with Crippen LogP contribution in [0.15, 0.2) is 0 Å². The minimum Gasteiger partial charge on any atom is -0.304 e. The molecule has 3 nitrogen and oxygen atoms in total. The normalized spacial score (nSPS) is 21.4. The van der Waals surface area contributed by atoms with E-state index in [9.17, 15) is 0 Å². The van der Waals surface area contributed by atoms with Crippen LogP contribution in [0.5, 0.6) is 0 Å². The van der Waals surface area contributed by atoms with Crippen molar-refractivity contribution < 1.29 is 4.84 Å². The molecule has 0 saturated carbocycles. The highest BCUT2D eigenvalue weighted by Crippen LogP contribution is 2.27. The summed E-state index contributed by atoms with van der Waals surface area (Å²) in [5.74, 6) is 6.05. The average molecular weight is 200 g/mol. The van der Waals surface area contributed by atoms with Crippen molar-refractivity contribution >= 4 is 0 Å². The summed E-state index contributed by atoms with van der Waals surface area (Å²) in [7, 11) is 0. The quantitative estimate of drug-likeness (QED) is 0.703. The minimum atomic E-state index is -0.154. The van der Waals surface area contributed by atoms with E-state index < -0.39 is 0 Å². The van der Waals surface area contributed by atoms with Crippen molar-refractivity contribution in [2.24, 2.45) is 11.8 Å². The van der Waals surface area contributed by atoms with Crippen molar-refractivity contribution in [1.29, 1.82) is 0 Å². The van der Waals surface area contributed by atoms with E-state index in [-0.39, 0.29) is 5.60 Å². The Morgan fingerprint density at radius 2 is 1.93 bits per heavy atom. The SMILES string of the molecule is CCN1CCC(CC(C)(C)ON)CC1. The van der Waals surface area contributed by atoms with Gasteiger partial charge in [0.25, 0.3) is 0 Å². The van der Waals surface area contributed by atoms with E-state index in [1.807, 2.05) is 0 Å². The summed E-state index contributed by atoms with van der Waals surface area (Å²) in [5, 5.41) is 0. The standard InChI is InChI=1S/C11H24N2O/c1-4-13-7-5-10(6-8-13)9-11(2,3)14-12/h10H,4-9,12H2,1-3H3. The number of likely N-dealkylation sites (tertiary alicyclic amines) is 1. The van der Waals surface area contributed by atoms with Gasteiger partial charge < -0.3 is 4.90 Å². The zero-order valence-electron chi connectivity index (χ0n) is 9.75. The summed E-state index contributed by atoms with van der Waals surface area (Å²) < 4.78 is 0. The molecule has 0 bridgehead atoms. The van der Waals surface area contributed by atoms with Gasteiger partial charge in [0.2, 0.25) is 0 Å². The van der Waals surface area contributed by atoms with Crippen LogP contribution in [0.1, 0.15) is 40.0 Å². The van der Waals surface area contributed by atoms with Crippen molar-refractivity contribution in [2.45, 2.75) is 45.6 Å². The summed E-state index contributed by atoms with van der Waals surface area (Å²) in [4.78, 5) is 7.49. The number of hydrogen-bond donors (Lipinski definition) is 1. The number of nitrogens with two attached hydrogens (primary N) is 1. The summed E-state index contributed by atoms with van der Waals surface area (Å²) in [6.45, 7) is 10.0. The van der Waals surface area contributed by atoms with Gasteiger partial charge in [-0.25, -0.2) is 5.90 Å². The van der Waals surface area contributed by atoms with Gasteiger partial charge in [-0.05, 0) is 58.7 Å². The van der Waals surface area contributed by atoms with E-state index in [0.717, 1.165) is 12.3 Å². The van der Waals surface area contributed by atoms with Gasteiger partial charge >= 0.3 is 0 Å². The van der Waals surface area contributed by atoms with Gasteiger partial charge in [-0.15, -0.1) is 0 Å². The van der Waals surface area contributed by atoms with Gasteiger partial charge in [-0.1, -0.05) is 6.92 Å². The van der Waals surface area contributed by atoms with Gasteiger partial charge in [0, 0.05) is 0 Å². The maximum atomic E-state index is 5.27. The second kappa shape index (κ2) is 5.10. The predicted molar refractivity (Wildman–Crippen MR) is 58.8 cm³/mol. The number of hydrogen-bond acceptors (Lipinski definition) is 3. The topological polar surface area (TPSA) is 38.5 Å². The Bertz CT molecular complexity index is 163. The molecule has 0 amide bonds. The highest BCUT2D eigenvalue weighted by atomic mass is 16.6. The monoisotopic (exact) mass is 200 g/mol. The van der Waals surface area contributed by atoms with Crippen molar-refractivity contribution in [3.63, 3.8) is 0 Å². The van der Waals surface area contributed by atoms with Crippen LogP contribution >= 0.6 is 0 Å². The van der Waals surface area contributed by atoms with Crippen LogP contribution in [0.2, 0.25) is 0 Å². The summed E-state index contributed by atoms with van der Waals surface area (Å²) in [6.07, 6.45) is 3.67. The van der Waals surface area contributed by atoms with Gasteiger partial charge in [-0.2, -0.15) is 0 Å². The fourth-order valence-electron chi connectivity index (χ4n) is 2.25. The van der Waals surface area contributed by atoms with Crippen LogP contribution in [0.4, 0.5) is 0 Å². The molecule has 1 saturated heterocycles. The van der Waals surface area contributed by atoms with Crippen LogP contribution in [-0.2, 0) is 4.84 Å². The Kier molecular flexibility index (Phi) is 4.35. The van der Waals surface area contributed by atoms with E-state index in [1.165, 1.54) is 32.5 Å². The Labute approximate surface area is 87.6 Å². The number of rotatable bonds is 4. The smallest absolute Gasteiger partial charge is 0.0840 e. The lowest BCUT2D eigenvalue weighted by molar-refractivity contribution is -0.0416. The molecule has 0 atom stereocenters. The molecule has 0 aromatic rings. The van der Waals surface area contributed by atoms with Gasteiger partial charge in [0.1, 0.15) is 0 Å². The van der Waals surface area contributed by atoms with Crippen LogP contribution in [0.3, 0.4) is 0 Å². The molecule has 1 fully saturated rings. The van der Waals surface area contributed by atoms with Gasteiger partial charge in [0.05, 0.1) is 5.60 Å². The van der Waals surface area contributed by atoms with Gasteiger partial charge in [0.15, 0.2) is 0 Å². The summed E-state index contributed by atoms with van der Waals surface area (Å²) >= 11 is 0. The molecule has 3 heteroatoms. The van der Waals surface area contributed by atoms with Crippen LogP contribution in [0.25, 0.3) is 0 Å². The van der Waals surface area contributed by atoms with E-state index in [1.54, 1.807) is 0 Å². The fourth-order valence-corrected chi connectivity index (χ4v) is 2.25. The fraction of sp³-hybridized carbons (Fsp3) is 1.00. The number of nitrogens with zero attached hydrogens (tertiary/aromatic N) is 1. The minimum absolute atomic E-state index is 0.154.